The van der Waals surface area contributed by atoms with Crippen molar-refractivity contribution < 1.29 is 23.5 Å². The lowest BCUT2D eigenvalue weighted by Gasteiger charge is -2.31. The zero-order valence-electron chi connectivity index (χ0n) is 18.9. The maximum atomic E-state index is 13.6. The molecule has 0 saturated heterocycles. The van der Waals surface area contributed by atoms with Crippen molar-refractivity contribution >= 4 is 11.8 Å². The van der Waals surface area contributed by atoms with Crippen LogP contribution in [-0.2, 0) is 22.6 Å². The van der Waals surface area contributed by atoms with Gasteiger partial charge in [0.2, 0.25) is 11.8 Å². The standard InChI is InChI=1S/C26H27FN2O4/c1-28-26(31)25(20-7-5-4-6-8-20)29(17-18-9-12-21(27)13-10-18)24(30)16-19-11-14-22(32-2)23(15-19)33-3/h4-15,25H,16-17H2,1-3H3,(H,28,31)/t25-/m1/s1. The lowest BCUT2D eigenvalue weighted by atomic mass is 10.0. The number of ether oxygens (including phenoxy) is 2. The lowest BCUT2D eigenvalue weighted by molar-refractivity contribution is -0.141. The van der Waals surface area contributed by atoms with Gasteiger partial charge in [-0.3, -0.25) is 9.59 Å². The Bertz CT molecular complexity index is 1090. The van der Waals surface area contributed by atoms with E-state index in [1.165, 1.54) is 31.2 Å². The van der Waals surface area contributed by atoms with Crippen LogP contribution < -0.4 is 14.8 Å². The van der Waals surface area contributed by atoms with Crippen LogP contribution in [0.1, 0.15) is 22.7 Å². The molecule has 33 heavy (non-hydrogen) atoms. The monoisotopic (exact) mass is 450 g/mol. The molecule has 0 heterocycles. The van der Waals surface area contributed by atoms with Crippen molar-refractivity contribution in [1.82, 2.24) is 10.2 Å². The number of methoxy groups -OCH3 is 2. The van der Waals surface area contributed by atoms with Crippen molar-refractivity contribution in [3.8, 4) is 11.5 Å². The van der Waals surface area contributed by atoms with E-state index in [1.807, 2.05) is 18.2 Å². The third kappa shape index (κ3) is 5.88. The van der Waals surface area contributed by atoms with E-state index in [2.05, 4.69) is 5.32 Å². The van der Waals surface area contributed by atoms with E-state index in [4.69, 9.17) is 9.47 Å². The molecule has 0 saturated carbocycles. The molecule has 3 rings (SSSR count). The molecule has 0 spiro atoms. The van der Waals surface area contributed by atoms with Gasteiger partial charge in [0.05, 0.1) is 20.6 Å². The second-order valence-electron chi connectivity index (χ2n) is 7.44. The number of hydrogen-bond acceptors (Lipinski definition) is 4. The quantitative estimate of drug-likeness (QED) is 0.537. The molecule has 172 valence electrons. The van der Waals surface area contributed by atoms with Crippen molar-refractivity contribution in [2.24, 2.45) is 0 Å². The minimum Gasteiger partial charge on any atom is -0.493 e. The Morgan fingerprint density at radius 3 is 2.15 bits per heavy atom. The molecule has 0 unspecified atom stereocenters. The summed E-state index contributed by atoms with van der Waals surface area (Å²) >= 11 is 0. The van der Waals surface area contributed by atoms with Crippen molar-refractivity contribution in [2.75, 3.05) is 21.3 Å². The first kappa shape index (κ1) is 23.8. The predicted molar refractivity (Wildman–Crippen MR) is 123 cm³/mol. The number of hydrogen-bond donors (Lipinski definition) is 1. The van der Waals surface area contributed by atoms with Gasteiger partial charge >= 0.3 is 0 Å². The average molecular weight is 451 g/mol. The van der Waals surface area contributed by atoms with Gasteiger partial charge in [0, 0.05) is 13.6 Å². The summed E-state index contributed by atoms with van der Waals surface area (Å²) in [6.07, 6.45) is 0.0435. The van der Waals surface area contributed by atoms with Gasteiger partial charge in [0.25, 0.3) is 0 Å². The van der Waals surface area contributed by atoms with Gasteiger partial charge in [0.1, 0.15) is 11.9 Å². The SMILES string of the molecule is CNC(=O)[C@@H](c1ccccc1)N(Cc1ccc(F)cc1)C(=O)Cc1ccc(OC)c(OC)c1. The molecule has 6 nitrogen and oxygen atoms in total. The highest BCUT2D eigenvalue weighted by Gasteiger charge is 2.31. The van der Waals surface area contributed by atoms with Crippen LogP contribution in [0, 0.1) is 5.82 Å². The fourth-order valence-corrected chi connectivity index (χ4v) is 3.62. The maximum Gasteiger partial charge on any atom is 0.247 e. The molecule has 3 aromatic carbocycles. The maximum absolute atomic E-state index is 13.6. The molecule has 0 aliphatic carbocycles. The number of carbonyl (C=O) groups is 2. The van der Waals surface area contributed by atoms with E-state index in [0.29, 0.717) is 28.2 Å². The Hall–Kier alpha value is -3.87. The number of carbonyl (C=O) groups excluding carboxylic acids is 2. The van der Waals surface area contributed by atoms with Gasteiger partial charge in [-0.15, -0.1) is 0 Å². The molecule has 1 N–H and O–H groups in total. The smallest absolute Gasteiger partial charge is 0.247 e. The molecule has 0 fully saturated rings. The highest BCUT2D eigenvalue weighted by molar-refractivity contribution is 5.89. The largest absolute Gasteiger partial charge is 0.493 e. The summed E-state index contributed by atoms with van der Waals surface area (Å²) in [6.45, 7) is 0.138. The van der Waals surface area contributed by atoms with E-state index in [-0.39, 0.29) is 30.6 Å². The first-order valence-corrected chi connectivity index (χ1v) is 10.5. The summed E-state index contributed by atoms with van der Waals surface area (Å²) < 4.78 is 24.1. The van der Waals surface area contributed by atoms with Crippen molar-refractivity contribution in [1.29, 1.82) is 0 Å². The van der Waals surface area contributed by atoms with E-state index in [9.17, 15) is 14.0 Å². The topological polar surface area (TPSA) is 67.9 Å². The van der Waals surface area contributed by atoms with E-state index >= 15 is 0 Å². The summed E-state index contributed by atoms with van der Waals surface area (Å²) in [7, 11) is 4.61. The second kappa shape index (κ2) is 11.1. The molecular formula is C26H27FN2O4. The molecule has 2 amide bonds. The summed E-state index contributed by atoms with van der Waals surface area (Å²) in [6, 6.07) is 19.4. The summed E-state index contributed by atoms with van der Waals surface area (Å²) in [5.74, 6) is 0.129. The highest BCUT2D eigenvalue weighted by atomic mass is 19.1. The van der Waals surface area contributed by atoms with Crippen LogP contribution in [0.3, 0.4) is 0 Å². The zero-order chi connectivity index (χ0) is 23.8. The molecule has 0 radical (unpaired) electrons. The Balaban J connectivity index is 1.98. The van der Waals surface area contributed by atoms with Gasteiger partial charge < -0.3 is 19.7 Å². The number of benzene rings is 3. The molecule has 0 aliphatic rings. The summed E-state index contributed by atoms with van der Waals surface area (Å²) in [5.41, 5.74) is 2.10. The van der Waals surface area contributed by atoms with Crippen LogP contribution in [0.2, 0.25) is 0 Å². The third-order valence-electron chi connectivity index (χ3n) is 5.31. The van der Waals surface area contributed by atoms with E-state index in [0.717, 1.165) is 0 Å². The molecule has 0 aromatic heterocycles. The Morgan fingerprint density at radius 1 is 0.909 bits per heavy atom. The predicted octanol–water partition coefficient (Wildman–Crippen LogP) is 3.90. The minimum absolute atomic E-state index is 0.0435. The van der Waals surface area contributed by atoms with Crippen molar-refractivity contribution in [3.63, 3.8) is 0 Å². The molecule has 3 aromatic rings. The molecular weight excluding hydrogens is 423 g/mol. The Kier molecular flexibility index (Phi) is 8.02. The summed E-state index contributed by atoms with van der Waals surface area (Å²) in [5, 5.41) is 2.66. The molecule has 7 heteroatoms. The minimum atomic E-state index is -0.853. The van der Waals surface area contributed by atoms with Crippen LogP contribution in [0.25, 0.3) is 0 Å². The zero-order valence-corrected chi connectivity index (χ0v) is 18.9. The van der Waals surface area contributed by atoms with E-state index < -0.39 is 6.04 Å². The fraction of sp³-hybridized carbons (Fsp3) is 0.231. The number of halogens is 1. The average Bonchev–Trinajstić information content (AvgIpc) is 2.85. The van der Waals surface area contributed by atoms with Gasteiger partial charge in [-0.05, 0) is 41.0 Å². The van der Waals surface area contributed by atoms with Gasteiger partial charge in [-0.25, -0.2) is 4.39 Å². The van der Waals surface area contributed by atoms with Gasteiger partial charge in [-0.1, -0.05) is 48.5 Å². The number of nitrogens with one attached hydrogen (secondary N) is 1. The van der Waals surface area contributed by atoms with Crippen LogP contribution in [0.4, 0.5) is 4.39 Å². The number of nitrogens with zero attached hydrogens (tertiary/aromatic N) is 1. The van der Waals surface area contributed by atoms with Gasteiger partial charge in [0.15, 0.2) is 11.5 Å². The lowest BCUT2D eigenvalue weighted by Crippen LogP contribution is -2.43. The van der Waals surface area contributed by atoms with Crippen LogP contribution in [0.15, 0.2) is 72.8 Å². The van der Waals surface area contributed by atoms with E-state index in [1.54, 1.807) is 49.6 Å². The van der Waals surface area contributed by atoms with Gasteiger partial charge in [-0.2, -0.15) is 0 Å². The fourth-order valence-electron chi connectivity index (χ4n) is 3.62. The first-order chi connectivity index (χ1) is 16.0. The number of rotatable bonds is 9. The van der Waals surface area contributed by atoms with Crippen molar-refractivity contribution in [3.05, 3.63) is 95.3 Å². The molecule has 1 atom stereocenters. The number of amides is 2. The Morgan fingerprint density at radius 2 is 1.55 bits per heavy atom. The first-order valence-electron chi connectivity index (χ1n) is 10.5. The van der Waals surface area contributed by atoms with Crippen LogP contribution >= 0.6 is 0 Å². The molecule has 0 bridgehead atoms. The Labute approximate surface area is 192 Å². The van der Waals surface area contributed by atoms with Crippen LogP contribution in [0.5, 0.6) is 11.5 Å². The normalized spacial score (nSPS) is 11.4. The van der Waals surface area contributed by atoms with Crippen molar-refractivity contribution in [2.45, 2.75) is 19.0 Å². The number of likely N-dealkylation sites (N-methyl/N-ethyl adjacent to an activating group) is 1. The second-order valence-corrected chi connectivity index (χ2v) is 7.44. The third-order valence-corrected chi connectivity index (χ3v) is 5.31. The summed E-state index contributed by atoms with van der Waals surface area (Å²) in [4.78, 5) is 28.0. The highest BCUT2D eigenvalue weighted by Crippen LogP contribution is 2.29. The molecule has 0 aliphatic heterocycles. The van der Waals surface area contributed by atoms with Crippen LogP contribution in [-0.4, -0.2) is 38.0 Å².